The number of hydrogen-bond acceptors (Lipinski definition) is 4. The van der Waals surface area contributed by atoms with E-state index >= 15 is 0 Å². The second-order valence-electron chi connectivity index (χ2n) is 2.71. The third kappa shape index (κ3) is 2.87. The van der Waals surface area contributed by atoms with Crippen LogP contribution in [0.3, 0.4) is 0 Å². The summed E-state index contributed by atoms with van der Waals surface area (Å²) < 4.78 is 9.40. The maximum absolute atomic E-state index is 11.3. The highest BCUT2D eigenvalue weighted by Crippen LogP contribution is 1.94. The maximum atomic E-state index is 11.3. The van der Waals surface area contributed by atoms with Gasteiger partial charge in [-0.05, 0) is 6.92 Å². The van der Waals surface area contributed by atoms with Crippen LogP contribution in [0.2, 0.25) is 0 Å². The molecule has 0 radical (unpaired) electrons. The minimum atomic E-state index is -0.252. The van der Waals surface area contributed by atoms with Gasteiger partial charge >= 0.3 is 0 Å². The van der Waals surface area contributed by atoms with Crippen LogP contribution in [0.1, 0.15) is 17.4 Å². The van der Waals surface area contributed by atoms with Gasteiger partial charge in [0.1, 0.15) is 6.26 Å². The molecule has 0 saturated carbocycles. The summed E-state index contributed by atoms with van der Waals surface area (Å²) in [5.41, 5.74) is 0.281. The van der Waals surface area contributed by atoms with Gasteiger partial charge in [0.15, 0.2) is 5.69 Å². The molecule has 0 aliphatic heterocycles. The Morgan fingerprint density at radius 2 is 2.62 bits per heavy atom. The predicted octanol–water partition coefficient (Wildman–Crippen LogP) is 0.439. The average Bonchev–Trinajstić information content (AvgIpc) is 2.55. The first-order chi connectivity index (χ1) is 6.24. The Bertz CT molecular complexity index is 258. The van der Waals surface area contributed by atoms with Crippen LogP contribution in [0.4, 0.5) is 0 Å². The molecule has 13 heavy (non-hydrogen) atoms. The van der Waals surface area contributed by atoms with Crippen molar-refractivity contribution >= 4 is 5.91 Å². The van der Waals surface area contributed by atoms with Crippen molar-refractivity contribution in [3.05, 3.63) is 18.0 Å². The second kappa shape index (κ2) is 4.61. The zero-order valence-electron chi connectivity index (χ0n) is 7.61. The minimum absolute atomic E-state index is 0.0331. The van der Waals surface area contributed by atoms with Crippen LogP contribution in [-0.2, 0) is 4.74 Å². The molecule has 0 aromatic carbocycles. The lowest BCUT2D eigenvalue weighted by atomic mass is 10.3. The van der Waals surface area contributed by atoms with Crippen LogP contribution < -0.4 is 5.32 Å². The van der Waals surface area contributed by atoms with E-state index in [0.29, 0.717) is 6.61 Å². The van der Waals surface area contributed by atoms with Crippen molar-refractivity contribution in [2.24, 2.45) is 0 Å². The SMILES string of the molecule is COCC(C)NC(=O)c1ccon1. The number of nitrogens with zero attached hydrogens (tertiary/aromatic N) is 1. The monoisotopic (exact) mass is 184 g/mol. The fourth-order valence-electron chi connectivity index (χ4n) is 0.919. The number of amides is 1. The molecular weight excluding hydrogens is 172 g/mol. The van der Waals surface area contributed by atoms with Gasteiger partial charge in [-0.15, -0.1) is 0 Å². The van der Waals surface area contributed by atoms with Crippen molar-refractivity contribution in [2.45, 2.75) is 13.0 Å². The molecule has 1 N–H and O–H groups in total. The number of methoxy groups -OCH3 is 1. The fraction of sp³-hybridized carbons (Fsp3) is 0.500. The number of nitrogens with one attached hydrogen (secondary N) is 1. The van der Waals surface area contributed by atoms with E-state index in [9.17, 15) is 4.79 Å². The van der Waals surface area contributed by atoms with E-state index in [-0.39, 0.29) is 17.6 Å². The number of carbonyl (C=O) groups is 1. The van der Waals surface area contributed by atoms with Gasteiger partial charge in [0.2, 0.25) is 0 Å². The normalized spacial score (nSPS) is 12.5. The zero-order valence-corrected chi connectivity index (χ0v) is 7.61. The number of rotatable bonds is 4. The van der Waals surface area contributed by atoms with E-state index in [1.54, 1.807) is 7.11 Å². The molecule has 1 atom stereocenters. The Balaban J connectivity index is 2.42. The summed E-state index contributed by atoms with van der Waals surface area (Å²) in [7, 11) is 1.58. The van der Waals surface area contributed by atoms with Crippen LogP contribution in [-0.4, -0.2) is 30.8 Å². The van der Waals surface area contributed by atoms with E-state index in [4.69, 9.17) is 4.74 Å². The summed E-state index contributed by atoms with van der Waals surface area (Å²) in [4.78, 5) is 11.3. The highest BCUT2D eigenvalue weighted by molar-refractivity contribution is 5.92. The third-order valence-corrected chi connectivity index (χ3v) is 1.46. The Morgan fingerprint density at radius 3 is 3.15 bits per heavy atom. The zero-order chi connectivity index (χ0) is 9.68. The van der Waals surface area contributed by atoms with Crippen molar-refractivity contribution in [1.82, 2.24) is 10.5 Å². The molecule has 1 unspecified atom stereocenters. The quantitative estimate of drug-likeness (QED) is 0.737. The van der Waals surface area contributed by atoms with E-state index in [0.717, 1.165) is 0 Å². The van der Waals surface area contributed by atoms with Crippen LogP contribution in [0.5, 0.6) is 0 Å². The van der Waals surface area contributed by atoms with E-state index in [1.165, 1.54) is 12.3 Å². The molecule has 5 nitrogen and oxygen atoms in total. The van der Waals surface area contributed by atoms with Gasteiger partial charge in [-0.1, -0.05) is 5.16 Å². The van der Waals surface area contributed by atoms with Gasteiger partial charge in [-0.25, -0.2) is 0 Å². The summed E-state index contributed by atoms with van der Waals surface area (Å²) in [6, 6.07) is 1.48. The Morgan fingerprint density at radius 1 is 1.85 bits per heavy atom. The summed E-state index contributed by atoms with van der Waals surface area (Å²) in [6.45, 7) is 2.32. The van der Waals surface area contributed by atoms with E-state index in [2.05, 4.69) is 15.0 Å². The lowest BCUT2D eigenvalue weighted by Crippen LogP contribution is -2.35. The van der Waals surface area contributed by atoms with Crippen molar-refractivity contribution in [1.29, 1.82) is 0 Å². The van der Waals surface area contributed by atoms with Gasteiger partial charge in [0, 0.05) is 19.2 Å². The Kier molecular flexibility index (Phi) is 3.45. The standard InChI is InChI=1S/C8H12N2O3/c1-6(5-12-2)9-8(11)7-3-4-13-10-7/h3-4,6H,5H2,1-2H3,(H,9,11). The largest absolute Gasteiger partial charge is 0.383 e. The van der Waals surface area contributed by atoms with Crippen molar-refractivity contribution < 1.29 is 14.1 Å². The first kappa shape index (κ1) is 9.73. The van der Waals surface area contributed by atoms with Gasteiger partial charge in [-0.3, -0.25) is 4.79 Å². The Hall–Kier alpha value is -1.36. The molecule has 1 rings (SSSR count). The molecule has 1 aromatic heterocycles. The summed E-state index contributed by atoms with van der Waals surface area (Å²) in [5.74, 6) is -0.252. The van der Waals surface area contributed by atoms with Crippen molar-refractivity contribution in [2.75, 3.05) is 13.7 Å². The number of ether oxygens (including phenoxy) is 1. The lowest BCUT2D eigenvalue weighted by Gasteiger charge is -2.10. The molecule has 0 fully saturated rings. The molecule has 1 amide bonds. The average molecular weight is 184 g/mol. The molecule has 1 aromatic rings. The number of hydrogen-bond donors (Lipinski definition) is 1. The summed E-state index contributed by atoms with van der Waals surface area (Å²) in [6.07, 6.45) is 1.36. The summed E-state index contributed by atoms with van der Waals surface area (Å²) in [5, 5.41) is 6.20. The molecule has 0 bridgehead atoms. The molecule has 0 saturated heterocycles. The van der Waals surface area contributed by atoms with E-state index in [1.807, 2.05) is 6.92 Å². The highest BCUT2D eigenvalue weighted by Gasteiger charge is 2.11. The maximum Gasteiger partial charge on any atom is 0.273 e. The first-order valence-corrected chi connectivity index (χ1v) is 3.94. The number of carbonyl (C=O) groups excluding carboxylic acids is 1. The smallest absolute Gasteiger partial charge is 0.273 e. The molecule has 72 valence electrons. The van der Waals surface area contributed by atoms with Crippen molar-refractivity contribution in [3.8, 4) is 0 Å². The lowest BCUT2D eigenvalue weighted by molar-refractivity contribution is 0.0896. The minimum Gasteiger partial charge on any atom is -0.383 e. The van der Waals surface area contributed by atoms with Crippen LogP contribution in [0, 0.1) is 0 Å². The number of aromatic nitrogens is 1. The topological polar surface area (TPSA) is 64.4 Å². The van der Waals surface area contributed by atoms with Gasteiger partial charge in [0.05, 0.1) is 6.61 Å². The predicted molar refractivity (Wildman–Crippen MR) is 45.3 cm³/mol. The van der Waals surface area contributed by atoms with E-state index < -0.39 is 0 Å². The highest BCUT2D eigenvalue weighted by atomic mass is 16.5. The molecule has 5 heteroatoms. The fourth-order valence-corrected chi connectivity index (χ4v) is 0.919. The molecule has 0 aliphatic rings. The van der Waals surface area contributed by atoms with Gasteiger partial charge < -0.3 is 14.6 Å². The van der Waals surface area contributed by atoms with Gasteiger partial charge in [-0.2, -0.15) is 0 Å². The molecule has 0 spiro atoms. The summed E-state index contributed by atoms with van der Waals surface area (Å²) >= 11 is 0. The third-order valence-electron chi connectivity index (χ3n) is 1.46. The van der Waals surface area contributed by atoms with Crippen molar-refractivity contribution in [3.63, 3.8) is 0 Å². The second-order valence-corrected chi connectivity index (χ2v) is 2.71. The van der Waals surface area contributed by atoms with Crippen LogP contribution in [0.15, 0.2) is 16.9 Å². The van der Waals surface area contributed by atoms with Gasteiger partial charge in [0.25, 0.3) is 5.91 Å². The molecular formula is C8H12N2O3. The van der Waals surface area contributed by atoms with Crippen LogP contribution in [0.25, 0.3) is 0 Å². The first-order valence-electron chi connectivity index (χ1n) is 3.94. The Labute approximate surface area is 76.0 Å². The molecule has 1 heterocycles. The van der Waals surface area contributed by atoms with Crippen LogP contribution >= 0.6 is 0 Å². The molecule has 0 aliphatic carbocycles.